The standard InChI is InChI=1S/C25H38O4/c1-4-18-15-21-19-7-5-6-9-25(27-13-14-28-25)12-11-24(16-29-24)20(19)8-10-23(21,3)22(18)17(2)26/h8,18-19,21-22H,4-7,9-16H2,1-3H3/t18-,19?,21?,22?,23+,24?/m1/s1. The average Bonchev–Trinajstić information content (AvgIpc) is 3.21. The summed E-state index contributed by atoms with van der Waals surface area (Å²) in [5, 5.41) is 0. The van der Waals surface area contributed by atoms with Gasteiger partial charge in [0.05, 0.1) is 19.8 Å². The summed E-state index contributed by atoms with van der Waals surface area (Å²) in [4.78, 5) is 12.7. The fourth-order valence-corrected chi connectivity index (χ4v) is 7.78. The molecule has 0 aromatic heterocycles. The van der Waals surface area contributed by atoms with Gasteiger partial charge in [0.25, 0.3) is 0 Å². The van der Waals surface area contributed by atoms with Crippen LogP contribution in [-0.2, 0) is 19.0 Å². The number of carbonyl (C=O) groups excluding carboxylic acids is 1. The molecule has 4 unspecified atom stereocenters. The summed E-state index contributed by atoms with van der Waals surface area (Å²) in [6, 6.07) is 0. The molecule has 4 fully saturated rings. The Kier molecular flexibility index (Phi) is 5.00. The van der Waals surface area contributed by atoms with Crippen LogP contribution in [0.2, 0.25) is 0 Å². The summed E-state index contributed by atoms with van der Waals surface area (Å²) in [5.74, 6) is 2.02. The monoisotopic (exact) mass is 402 g/mol. The van der Waals surface area contributed by atoms with Gasteiger partial charge in [-0.2, -0.15) is 0 Å². The van der Waals surface area contributed by atoms with Gasteiger partial charge < -0.3 is 14.2 Å². The van der Waals surface area contributed by atoms with Gasteiger partial charge in [-0.1, -0.05) is 32.8 Å². The number of rotatable bonds is 2. The third-order valence-electron chi connectivity index (χ3n) is 9.26. The van der Waals surface area contributed by atoms with E-state index in [1.807, 2.05) is 6.92 Å². The van der Waals surface area contributed by atoms with Crippen molar-refractivity contribution in [2.45, 2.75) is 89.9 Å². The first-order valence-corrected chi connectivity index (χ1v) is 12.1. The molecule has 4 nitrogen and oxygen atoms in total. The van der Waals surface area contributed by atoms with Gasteiger partial charge in [-0.25, -0.2) is 0 Å². The van der Waals surface area contributed by atoms with Crippen LogP contribution in [0.4, 0.5) is 0 Å². The molecule has 2 spiro atoms. The van der Waals surface area contributed by atoms with E-state index in [1.165, 1.54) is 19.3 Å². The van der Waals surface area contributed by atoms with Crippen molar-refractivity contribution in [2.24, 2.45) is 29.1 Å². The van der Waals surface area contributed by atoms with E-state index >= 15 is 0 Å². The molecule has 0 amide bonds. The first-order valence-electron chi connectivity index (χ1n) is 12.1. The molecule has 0 radical (unpaired) electrons. The fraction of sp³-hybridized carbons (Fsp3) is 0.880. The molecule has 2 aliphatic heterocycles. The number of hydrogen-bond donors (Lipinski definition) is 0. The smallest absolute Gasteiger partial charge is 0.168 e. The van der Waals surface area contributed by atoms with E-state index in [1.54, 1.807) is 5.57 Å². The Bertz CT molecular complexity index is 687. The molecule has 2 saturated heterocycles. The van der Waals surface area contributed by atoms with Crippen molar-refractivity contribution in [2.75, 3.05) is 19.8 Å². The highest BCUT2D eigenvalue weighted by Crippen LogP contribution is 2.64. The molecule has 5 aliphatic rings. The molecule has 5 rings (SSSR count). The third kappa shape index (κ3) is 3.16. The van der Waals surface area contributed by atoms with Gasteiger partial charge in [-0.05, 0) is 67.8 Å². The summed E-state index contributed by atoms with van der Waals surface area (Å²) in [5.41, 5.74) is 1.61. The van der Waals surface area contributed by atoms with E-state index in [9.17, 15) is 4.79 Å². The van der Waals surface area contributed by atoms with Crippen LogP contribution in [0.25, 0.3) is 0 Å². The molecule has 0 aromatic carbocycles. The number of Topliss-reactive ketones (excluding diaryl/α,β-unsaturated/α-hetero) is 1. The second kappa shape index (κ2) is 7.17. The van der Waals surface area contributed by atoms with Crippen molar-refractivity contribution in [1.29, 1.82) is 0 Å². The van der Waals surface area contributed by atoms with Gasteiger partial charge >= 0.3 is 0 Å². The van der Waals surface area contributed by atoms with E-state index in [0.717, 1.165) is 58.3 Å². The van der Waals surface area contributed by atoms with Gasteiger partial charge in [-0.15, -0.1) is 0 Å². The van der Waals surface area contributed by atoms with Crippen LogP contribution in [0.15, 0.2) is 11.6 Å². The van der Waals surface area contributed by atoms with Gasteiger partial charge in [0.1, 0.15) is 11.4 Å². The van der Waals surface area contributed by atoms with Crippen molar-refractivity contribution < 1.29 is 19.0 Å². The molecule has 4 heteroatoms. The quantitative estimate of drug-likeness (QED) is 0.479. The summed E-state index contributed by atoms with van der Waals surface area (Å²) in [6.07, 6.45) is 12.4. The van der Waals surface area contributed by atoms with Crippen LogP contribution < -0.4 is 0 Å². The summed E-state index contributed by atoms with van der Waals surface area (Å²) in [7, 11) is 0. The largest absolute Gasteiger partial charge is 0.365 e. The summed E-state index contributed by atoms with van der Waals surface area (Å²) < 4.78 is 18.4. The Morgan fingerprint density at radius 3 is 2.55 bits per heavy atom. The zero-order valence-electron chi connectivity index (χ0n) is 18.5. The number of carbonyl (C=O) groups is 1. The molecule has 0 N–H and O–H groups in total. The maximum absolute atomic E-state index is 12.7. The van der Waals surface area contributed by atoms with E-state index < -0.39 is 0 Å². The van der Waals surface area contributed by atoms with Crippen LogP contribution in [0.3, 0.4) is 0 Å². The number of allylic oxidation sites excluding steroid dienone is 1. The molecule has 0 aromatic rings. The van der Waals surface area contributed by atoms with Crippen LogP contribution in [0, 0.1) is 29.1 Å². The lowest BCUT2D eigenvalue weighted by Crippen LogP contribution is -2.43. The summed E-state index contributed by atoms with van der Waals surface area (Å²) >= 11 is 0. The molecule has 3 aliphatic carbocycles. The second-order valence-electron chi connectivity index (χ2n) is 10.7. The minimum atomic E-state index is -0.365. The van der Waals surface area contributed by atoms with Crippen LogP contribution in [-0.4, -0.2) is 37.0 Å². The van der Waals surface area contributed by atoms with E-state index in [0.29, 0.717) is 23.5 Å². The van der Waals surface area contributed by atoms with Crippen molar-refractivity contribution >= 4 is 5.78 Å². The Morgan fingerprint density at radius 1 is 1.14 bits per heavy atom. The Morgan fingerprint density at radius 2 is 1.90 bits per heavy atom. The maximum atomic E-state index is 12.7. The van der Waals surface area contributed by atoms with Crippen molar-refractivity contribution in [3.8, 4) is 0 Å². The first kappa shape index (κ1) is 20.2. The van der Waals surface area contributed by atoms with E-state index in [2.05, 4.69) is 19.9 Å². The van der Waals surface area contributed by atoms with Crippen LogP contribution >= 0.6 is 0 Å². The SMILES string of the molecule is CC[C@@H]1CC2C3CCCCC4(CCC5(CO5)C3=CC[C@]2(C)C1C(C)=O)OCCO4. The second-order valence-corrected chi connectivity index (χ2v) is 10.7. The van der Waals surface area contributed by atoms with Gasteiger partial charge in [0.2, 0.25) is 0 Å². The number of ether oxygens (including phenoxy) is 3. The topological polar surface area (TPSA) is 48.1 Å². The predicted molar refractivity (Wildman–Crippen MR) is 111 cm³/mol. The van der Waals surface area contributed by atoms with Crippen LogP contribution in [0.5, 0.6) is 0 Å². The molecular formula is C25H38O4. The number of hydrogen-bond acceptors (Lipinski definition) is 4. The van der Waals surface area contributed by atoms with Crippen molar-refractivity contribution in [3.63, 3.8) is 0 Å². The number of ketones is 1. The third-order valence-corrected chi connectivity index (χ3v) is 9.26. The molecule has 162 valence electrons. The highest BCUT2D eigenvalue weighted by atomic mass is 16.7. The highest BCUT2D eigenvalue weighted by Gasteiger charge is 2.61. The first-order chi connectivity index (χ1) is 13.9. The van der Waals surface area contributed by atoms with Gasteiger partial charge in [-0.3, -0.25) is 4.79 Å². The lowest BCUT2D eigenvalue weighted by Gasteiger charge is -2.46. The molecule has 2 saturated carbocycles. The van der Waals surface area contributed by atoms with Crippen LogP contribution in [0.1, 0.15) is 78.6 Å². The minimum absolute atomic E-state index is 0.0817. The number of epoxide rings is 1. The predicted octanol–water partition coefficient (Wildman–Crippen LogP) is 5.06. The van der Waals surface area contributed by atoms with Crippen molar-refractivity contribution in [3.05, 3.63) is 11.6 Å². The lowest BCUT2D eigenvalue weighted by atomic mass is 9.58. The molecule has 2 heterocycles. The Labute approximate surface area is 175 Å². The average molecular weight is 403 g/mol. The molecular weight excluding hydrogens is 364 g/mol. The van der Waals surface area contributed by atoms with E-state index in [-0.39, 0.29) is 22.7 Å². The van der Waals surface area contributed by atoms with E-state index in [4.69, 9.17) is 14.2 Å². The molecule has 0 bridgehead atoms. The van der Waals surface area contributed by atoms with Gasteiger partial charge in [0.15, 0.2) is 5.79 Å². The normalized spacial score (nSPS) is 46.2. The maximum Gasteiger partial charge on any atom is 0.168 e. The zero-order valence-corrected chi connectivity index (χ0v) is 18.5. The fourth-order valence-electron chi connectivity index (χ4n) is 7.78. The highest BCUT2D eigenvalue weighted by molar-refractivity contribution is 5.80. The minimum Gasteiger partial charge on any atom is -0.365 e. The number of fused-ring (bicyclic) bond motifs is 4. The molecule has 6 atom stereocenters. The zero-order chi connectivity index (χ0) is 20.3. The lowest BCUT2D eigenvalue weighted by molar-refractivity contribution is -0.171. The van der Waals surface area contributed by atoms with Gasteiger partial charge in [0, 0.05) is 18.8 Å². The molecule has 29 heavy (non-hydrogen) atoms. The van der Waals surface area contributed by atoms with Crippen molar-refractivity contribution in [1.82, 2.24) is 0 Å². The summed E-state index contributed by atoms with van der Waals surface area (Å²) in [6.45, 7) is 8.83. The Hall–Kier alpha value is -0.710. The Balaban J connectivity index is 1.46.